The second-order valence-corrected chi connectivity index (χ2v) is 6.28. The van der Waals surface area contributed by atoms with Gasteiger partial charge in [0.1, 0.15) is 0 Å². The first kappa shape index (κ1) is 11.3. The highest BCUT2D eigenvalue weighted by Gasteiger charge is 2.40. The molecular weight excluding hydrogens is 210 g/mol. The van der Waals surface area contributed by atoms with Gasteiger partial charge in [-0.2, -0.15) is 0 Å². The van der Waals surface area contributed by atoms with E-state index in [9.17, 15) is 8.42 Å². The van der Waals surface area contributed by atoms with Crippen molar-refractivity contribution in [3.63, 3.8) is 0 Å². The molecule has 0 aliphatic heterocycles. The number of sulfonamides is 1. The molecule has 13 heavy (non-hydrogen) atoms. The molecule has 3 nitrogen and oxygen atoms in total. The quantitative estimate of drug-likeness (QED) is 0.718. The van der Waals surface area contributed by atoms with Crippen molar-refractivity contribution < 1.29 is 8.42 Å². The van der Waals surface area contributed by atoms with Crippen molar-refractivity contribution >= 4 is 21.6 Å². The maximum Gasteiger partial charge on any atom is 0.212 e. The Morgan fingerprint density at radius 2 is 2.08 bits per heavy atom. The van der Waals surface area contributed by atoms with Crippen LogP contribution in [-0.4, -0.2) is 25.6 Å². The molecule has 1 aliphatic rings. The Bertz CT molecular complexity index is 272. The van der Waals surface area contributed by atoms with Gasteiger partial charge in [0.05, 0.1) is 5.75 Å². The Morgan fingerprint density at radius 1 is 1.54 bits per heavy atom. The second-order valence-electron chi connectivity index (χ2n) is 4.20. The Balaban J connectivity index is 2.46. The molecule has 1 atom stereocenters. The molecule has 1 fully saturated rings. The molecule has 1 rings (SSSR count). The zero-order valence-corrected chi connectivity index (χ0v) is 9.58. The minimum Gasteiger partial charge on any atom is -0.212 e. The van der Waals surface area contributed by atoms with E-state index in [0.717, 1.165) is 12.8 Å². The van der Waals surface area contributed by atoms with Crippen molar-refractivity contribution in [2.24, 2.45) is 5.92 Å². The van der Waals surface area contributed by atoms with E-state index in [1.807, 2.05) is 13.8 Å². The normalized spacial score (nSPS) is 22.7. The van der Waals surface area contributed by atoms with E-state index in [1.165, 1.54) is 0 Å². The lowest BCUT2D eigenvalue weighted by molar-refractivity contribution is 0.547. The number of hydrogen-bond donors (Lipinski definition) is 1. The van der Waals surface area contributed by atoms with Gasteiger partial charge < -0.3 is 0 Å². The maximum absolute atomic E-state index is 11.5. The zero-order valence-electron chi connectivity index (χ0n) is 8.01. The van der Waals surface area contributed by atoms with Gasteiger partial charge in [-0.1, -0.05) is 6.92 Å². The molecule has 78 valence electrons. The summed E-state index contributed by atoms with van der Waals surface area (Å²) in [5.74, 6) is 0.533. The number of rotatable bonds is 5. The van der Waals surface area contributed by atoms with Crippen LogP contribution in [0.1, 0.15) is 26.7 Å². The van der Waals surface area contributed by atoms with Crippen LogP contribution in [0.15, 0.2) is 0 Å². The van der Waals surface area contributed by atoms with E-state index in [4.69, 9.17) is 11.6 Å². The lowest BCUT2D eigenvalue weighted by Crippen LogP contribution is -2.37. The molecular formula is C8H16ClNO2S. The van der Waals surface area contributed by atoms with Crippen LogP contribution >= 0.6 is 11.6 Å². The predicted molar refractivity (Wildman–Crippen MR) is 54.4 cm³/mol. The molecule has 0 aromatic carbocycles. The number of halogens is 1. The summed E-state index contributed by atoms with van der Waals surface area (Å²) < 4.78 is 25.7. The predicted octanol–water partition coefficient (Wildman–Crippen LogP) is 1.33. The number of alkyl halides is 1. The van der Waals surface area contributed by atoms with Crippen molar-refractivity contribution in [3.8, 4) is 0 Å². The standard InChI is InChI=1S/C8H16ClNO2S/c1-7(5-9)6-13(11,12)10-8(2)3-4-8/h7,10H,3-6H2,1-2H3. The molecule has 0 aromatic heterocycles. The molecule has 1 aliphatic carbocycles. The highest BCUT2D eigenvalue weighted by atomic mass is 35.5. The third-order valence-electron chi connectivity index (χ3n) is 2.17. The van der Waals surface area contributed by atoms with Gasteiger partial charge in [0.25, 0.3) is 0 Å². The average molecular weight is 226 g/mol. The summed E-state index contributed by atoms with van der Waals surface area (Å²) in [7, 11) is -3.12. The summed E-state index contributed by atoms with van der Waals surface area (Å²) in [6, 6.07) is 0. The fraction of sp³-hybridized carbons (Fsp3) is 1.00. The molecule has 0 bridgehead atoms. The second kappa shape index (κ2) is 3.75. The molecule has 0 aromatic rings. The average Bonchev–Trinajstić information content (AvgIpc) is 2.64. The third kappa shape index (κ3) is 3.83. The van der Waals surface area contributed by atoms with E-state index >= 15 is 0 Å². The monoisotopic (exact) mass is 225 g/mol. The first-order chi connectivity index (χ1) is 5.87. The van der Waals surface area contributed by atoms with Gasteiger partial charge in [-0.3, -0.25) is 0 Å². The lowest BCUT2D eigenvalue weighted by atomic mass is 10.3. The van der Waals surface area contributed by atoms with Crippen LogP contribution in [0.2, 0.25) is 0 Å². The molecule has 0 radical (unpaired) electrons. The van der Waals surface area contributed by atoms with Crippen LogP contribution in [0.4, 0.5) is 0 Å². The largest absolute Gasteiger partial charge is 0.212 e. The van der Waals surface area contributed by atoms with Crippen LogP contribution in [0.3, 0.4) is 0 Å². The van der Waals surface area contributed by atoms with Crippen molar-refractivity contribution in [1.82, 2.24) is 4.72 Å². The van der Waals surface area contributed by atoms with Crippen LogP contribution < -0.4 is 4.72 Å². The van der Waals surface area contributed by atoms with Crippen molar-refractivity contribution in [1.29, 1.82) is 0 Å². The highest BCUT2D eigenvalue weighted by Crippen LogP contribution is 2.35. The van der Waals surface area contributed by atoms with E-state index in [-0.39, 0.29) is 17.2 Å². The van der Waals surface area contributed by atoms with Gasteiger partial charge in [0, 0.05) is 11.4 Å². The van der Waals surface area contributed by atoms with E-state index < -0.39 is 10.0 Å². The Morgan fingerprint density at radius 3 is 2.46 bits per heavy atom. The summed E-state index contributed by atoms with van der Waals surface area (Å²) in [5, 5.41) is 0. The summed E-state index contributed by atoms with van der Waals surface area (Å²) in [6.45, 7) is 3.76. The van der Waals surface area contributed by atoms with E-state index in [0.29, 0.717) is 5.88 Å². The van der Waals surface area contributed by atoms with Crippen molar-refractivity contribution in [2.75, 3.05) is 11.6 Å². The van der Waals surface area contributed by atoms with E-state index in [2.05, 4.69) is 4.72 Å². The van der Waals surface area contributed by atoms with Crippen LogP contribution in [0.25, 0.3) is 0 Å². The molecule has 5 heteroatoms. The van der Waals surface area contributed by atoms with Gasteiger partial charge in [0.2, 0.25) is 10.0 Å². The summed E-state index contributed by atoms with van der Waals surface area (Å²) in [6.07, 6.45) is 1.89. The van der Waals surface area contributed by atoms with Crippen LogP contribution in [-0.2, 0) is 10.0 Å². The zero-order chi connectivity index (χ0) is 10.1. The maximum atomic E-state index is 11.5. The van der Waals surface area contributed by atoms with E-state index in [1.54, 1.807) is 0 Å². The van der Waals surface area contributed by atoms with Gasteiger partial charge >= 0.3 is 0 Å². The highest BCUT2D eigenvalue weighted by molar-refractivity contribution is 7.89. The Labute approximate surface area is 84.9 Å². The Kier molecular flexibility index (Phi) is 3.25. The molecule has 0 heterocycles. The van der Waals surface area contributed by atoms with Crippen molar-refractivity contribution in [3.05, 3.63) is 0 Å². The molecule has 1 N–H and O–H groups in total. The molecule has 0 spiro atoms. The first-order valence-corrected chi connectivity index (χ1v) is 6.63. The van der Waals surface area contributed by atoms with Gasteiger partial charge in [-0.05, 0) is 25.7 Å². The molecule has 0 amide bonds. The SMILES string of the molecule is CC(CCl)CS(=O)(=O)NC1(C)CC1. The summed E-state index contributed by atoms with van der Waals surface area (Å²) in [5.41, 5.74) is -0.162. The smallest absolute Gasteiger partial charge is 0.212 e. The first-order valence-electron chi connectivity index (χ1n) is 4.44. The number of nitrogens with one attached hydrogen (secondary N) is 1. The summed E-state index contributed by atoms with van der Waals surface area (Å²) >= 11 is 5.55. The molecule has 0 saturated heterocycles. The van der Waals surface area contributed by atoms with Crippen LogP contribution in [0.5, 0.6) is 0 Å². The fourth-order valence-corrected chi connectivity index (χ4v) is 3.27. The van der Waals surface area contributed by atoms with Crippen molar-refractivity contribution in [2.45, 2.75) is 32.2 Å². The third-order valence-corrected chi connectivity index (χ3v) is 4.51. The summed E-state index contributed by atoms with van der Waals surface area (Å²) in [4.78, 5) is 0. The fourth-order valence-electron chi connectivity index (χ4n) is 1.13. The van der Waals surface area contributed by atoms with Crippen LogP contribution in [0, 0.1) is 5.92 Å². The Hall–Kier alpha value is 0.200. The topological polar surface area (TPSA) is 46.2 Å². The van der Waals surface area contributed by atoms with Gasteiger partial charge in [-0.15, -0.1) is 11.6 Å². The van der Waals surface area contributed by atoms with Gasteiger partial charge in [-0.25, -0.2) is 13.1 Å². The lowest BCUT2D eigenvalue weighted by Gasteiger charge is -2.14. The molecule has 1 saturated carbocycles. The minimum atomic E-state index is -3.12. The molecule has 1 unspecified atom stereocenters. The van der Waals surface area contributed by atoms with Gasteiger partial charge in [0.15, 0.2) is 0 Å². The number of hydrogen-bond acceptors (Lipinski definition) is 2. The minimum absolute atomic E-state index is 0.0153.